The summed E-state index contributed by atoms with van der Waals surface area (Å²) in [6, 6.07) is 20.2. The molecule has 3 aromatic rings. The van der Waals surface area contributed by atoms with Crippen LogP contribution in [0.2, 0.25) is 0 Å². The lowest BCUT2D eigenvalue weighted by Gasteiger charge is -2.33. The highest BCUT2D eigenvalue weighted by Crippen LogP contribution is 2.42. The van der Waals surface area contributed by atoms with Crippen LogP contribution in [0.1, 0.15) is 24.3 Å². The van der Waals surface area contributed by atoms with E-state index in [1.54, 1.807) is 0 Å². The number of alkyl halides is 1. The van der Waals surface area contributed by atoms with Crippen molar-refractivity contribution in [1.29, 1.82) is 0 Å². The summed E-state index contributed by atoms with van der Waals surface area (Å²) in [5.41, 5.74) is -0.720. The summed E-state index contributed by atoms with van der Waals surface area (Å²) >= 11 is 6.47. The molecule has 0 radical (unpaired) electrons. The number of nitrogens with one attached hydrogen (secondary N) is 1. The summed E-state index contributed by atoms with van der Waals surface area (Å²) in [7, 11) is 0. The Morgan fingerprint density at radius 2 is 1.67 bits per heavy atom. The van der Waals surface area contributed by atoms with Gasteiger partial charge in [0, 0.05) is 19.2 Å². The molecule has 2 aromatic carbocycles. The fraction of sp³-hybridized carbons (Fsp3) is 0.346. The zero-order valence-corrected chi connectivity index (χ0v) is 20.4. The van der Waals surface area contributed by atoms with E-state index >= 15 is 0 Å². The minimum absolute atomic E-state index is 0.00276. The standard InChI is InChI=1S/C26H27ClN2O7/c1-18(30)35-22-23(34-15-20-10-6-3-7-11-20)26(16-27,17-33-14-19-8-4-2-5-9-19)36-24(22)29-13-12-21(31)28-25(29)32/h2-13,22-24H,14-17H2,1H3,(H,28,31,32)/t22-,23+,24-,26-/m1/s1. The van der Waals surface area contributed by atoms with E-state index in [-0.39, 0.29) is 25.7 Å². The van der Waals surface area contributed by atoms with Crippen molar-refractivity contribution in [2.75, 3.05) is 12.5 Å². The number of aromatic amines is 1. The van der Waals surface area contributed by atoms with E-state index < -0.39 is 41.3 Å². The molecule has 1 aromatic heterocycles. The molecule has 36 heavy (non-hydrogen) atoms. The smallest absolute Gasteiger partial charge is 0.330 e. The Balaban J connectivity index is 1.68. The van der Waals surface area contributed by atoms with Gasteiger partial charge >= 0.3 is 11.7 Å². The maximum absolute atomic E-state index is 12.6. The second-order valence-corrected chi connectivity index (χ2v) is 8.76. The van der Waals surface area contributed by atoms with E-state index in [0.717, 1.165) is 15.7 Å². The number of carbonyl (C=O) groups is 1. The van der Waals surface area contributed by atoms with Crippen molar-refractivity contribution in [3.63, 3.8) is 0 Å². The van der Waals surface area contributed by atoms with Crippen molar-refractivity contribution in [3.8, 4) is 0 Å². The highest BCUT2D eigenvalue weighted by Gasteiger charge is 2.58. The molecule has 1 fully saturated rings. The van der Waals surface area contributed by atoms with Crippen molar-refractivity contribution < 1.29 is 23.7 Å². The number of aromatic nitrogens is 2. The van der Waals surface area contributed by atoms with Gasteiger partial charge in [0.15, 0.2) is 12.3 Å². The Hall–Kier alpha value is -3.24. The van der Waals surface area contributed by atoms with Gasteiger partial charge in [-0.3, -0.25) is 19.1 Å². The average molecular weight is 515 g/mol. The minimum atomic E-state index is -1.27. The van der Waals surface area contributed by atoms with Gasteiger partial charge in [-0.05, 0) is 11.1 Å². The van der Waals surface area contributed by atoms with Crippen molar-refractivity contribution >= 4 is 17.6 Å². The van der Waals surface area contributed by atoms with E-state index in [1.807, 2.05) is 60.7 Å². The fourth-order valence-corrected chi connectivity index (χ4v) is 4.46. The lowest BCUT2D eigenvalue weighted by molar-refractivity contribution is -0.158. The maximum atomic E-state index is 12.6. The first-order valence-electron chi connectivity index (χ1n) is 11.4. The van der Waals surface area contributed by atoms with Crippen LogP contribution in [0.15, 0.2) is 82.5 Å². The van der Waals surface area contributed by atoms with Crippen LogP contribution in [0.25, 0.3) is 0 Å². The van der Waals surface area contributed by atoms with Crippen molar-refractivity contribution in [2.45, 2.75) is 44.2 Å². The lowest BCUT2D eigenvalue weighted by Crippen LogP contribution is -2.51. The minimum Gasteiger partial charge on any atom is -0.455 e. The maximum Gasteiger partial charge on any atom is 0.330 e. The van der Waals surface area contributed by atoms with E-state index in [2.05, 4.69) is 4.98 Å². The number of H-pyrrole nitrogens is 1. The van der Waals surface area contributed by atoms with Gasteiger partial charge < -0.3 is 18.9 Å². The topological polar surface area (TPSA) is 109 Å². The average Bonchev–Trinajstić information content (AvgIpc) is 3.16. The van der Waals surface area contributed by atoms with Gasteiger partial charge in [0.25, 0.3) is 5.56 Å². The molecule has 9 nitrogen and oxygen atoms in total. The van der Waals surface area contributed by atoms with Crippen molar-refractivity contribution in [3.05, 3.63) is 105 Å². The molecule has 1 aliphatic heterocycles. The first kappa shape index (κ1) is 25.8. The van der Waals surface area contributed by atoms with Gasteiger partial charge in [0.2, 0.25) is 0 Å². The Kier molecular flexibility index (Phi) is 8.37. The fourth-order valence-electron chi connectivity index (χ4n) is 4.16. The Morgan fingerprint density at radius 3 is 2.25 bits per heavy atom. The molecular formula is C26H27ClN2O7. The summed E-state index contributed by atoms with van der Waals surface area (Å²) in [6.45, 7) is 1.72. The third-order valence-electron chi connectivity index (χ3n) is 5.84. The molecule has 1 aliphatic rings. The molecule has 0 amide bonds. The van der Waals surface area contributed by atoms with Gasteiger partial charge in [0.1, 0.15) is 11.7 Å². The van der Waals surface area contributed by atoms with Crippen LogP contribution in [0.5, 0.6) is 0 Å². The molecule has 10 heteroatoms. The van der Waals surface area contributed by atoms with E-state index in [1.165, 1.54) is 19.2 Å². The third kappa shape index (κ3) is 5.93. The summed E-state index contributed by atoms with van der Waals surface area (Å²) in [6.07, 6.45) is -1.77. The number of ether oxygens (including phenoxy) is 4. The summed E-state index contributed by atoms with van der Waals surface area (Å²) in [5.74, 6) is -0.664. The number of esters is 1. The Morgan fingerprint density at radius 1 is 1.03 bits per heavy atom. The van der Waals surface area contributed by atoms with Gasteiger partial charge in [-0.15, -0.1) is 11.6 Å². The molecule has 0 bridgehead atoms. The monoisotopic (exact) mass is 514 g/mol. The van der Waals surface area contributed by atoms with Gasteiger partial charge in [-0.25, -0.2) is 4.79 Å². The molecule has 0 saturated carbocycles. The van der Waals surface area contributed by atoms with E-state index in [4.69, 9.17) is 30.5 Å². The highest BCUT2D eigenvalue weighted by molar-refractivity contribution is 6.18. The molecule has 0 spiro atoms. The molecule has 1 N–H and O–H groups in total. The largest absolute Gasteiger partial charge is 0.455 e. The molecule has 4 atom stereocenters. The zero-order chi connectivity index (χ0) is 25.5. The van der Waals surface area contributed by atoms with Gasteiger partial charge in [-0.1, -0.05) is 60.7 Å². The number of benzene rings is 2. The summed E-state index contributed by atoms with van der Waals surface area (Å²) in [5, 5.41) is 0. The second-order valence-electron chi connectivity index (χ2n) is 8.49. The lowest BCUT2D eigenvalue weighted by atomic mass is 9.97. The number of hydrogen-bond acceptors (Lipinski definition) is 7. The Bertz CT molecular complexity index is 1260. The second kappa shape index (κ2) is 11.7. The molecule has 1 saturated heterocycles. The number of carbonyl (C=O) groups excluding carboxylic acids is 1. The predicted molar refractivity (Wildman–Crippen MR) is 132 cm³/mol. The van der Waals surface area contributed by atoms with E-state index in [9.17, 15) is 14.4 Å². The zero-order valence-electron chi connectivity index (χ0n) is 19.7. The SMILES string of the molecule is CC(=O)O[C@H]1[C@H](n2ccc(=O)[nH]c2=O)O[C@](CCl)(COCc2ccccc2)[C@H]1OCc1ccccc1. The normalized spacial score (nSPS) is 23.4. The van der Waals surface area contributed by atoms with Crippen LogP contribution >= 0.6 is 11.6 Å². The van der Waals surface area contributed by atoms with Gasteiger partial charge in [-0.2, -0.15) is 0 Å². The van der Waals surface area contributed by atoms with Crippen molar-refractivity contribution in [1.82, 2.24) is 9.55 Å². The van der Waals surface area contributed by atoms with Gasteiger partial charge in [0.05, 0.1) is 25.7 Å². The van der Waals surface area contributed by atoms with Crippen LogP contribution in [0, 0.1) is 0 Å². The first-order valence-corrected chi connectivity index (χ1v) is 11.9. The number of nitrogens with zero attached hydrogens (tertiary/aromatic N) is 1. The Labute approximate surface area is 212 Å². The summed E-state index contributed by atoms with van der Waals surface area (Å²) < 4.78 is 25.4. The van der Waals surface area contributed by atoms with Crippen LogP contribution in [-0.2, 0) is 37.0 Å². The summed E-state index contributed by atoms with van der Waals surface area (Å²) in [4.78, 5) is 38.6. The first-order chi connectivity index (χ1) is 17.4. The van der Waals surface area contributed by atoms with E-state index in [0.29, 0.717) is 0 Å². The van der Waals surface area contributed by atoms with Crippen LogP contribution in [-0.4, -0.2) is 45.8 Å². The van der Waals surface area contributed by atoms with Crippen LogP contribution < -0.4 is 11.2 Å². The third-order valence-corrected chi connectivity index (χ3v) is 6.29. The molecule has 0 aliphatic carbocycles. The molecule has 0 unspecified atom stereocenters. The quantitative estimate of drug-likeness (QED) is 0.327. The molecule has 4 rings (SSSR count). The van der Waals surface area contributed by atoms with Crippen LogP contribution in [0.4, 0.5) is 0 Å². The predicted octanol–water partition coefficient (Wildman–Crippen LogP) is 2.78. The molecule has 190 valence electrons. The van der Waals surface area contributed by atoms with Crippen molar-refractivity contribution in [2.24, 2.45) is 0 Å². The number of rotatable bonds is 10. The number of halogens is 1. The number of hydrogen-bond donors (Lipinski definition) is 1. The molecular weight excluding hydrogens is 488 g/mol. The molecule has 2 heterocycles. The van der Waals surface area contributed by atoms with Crippen LogP contribution in [0.3, 0.4) is 0 Å². The highest BCUT2D eigenvalue weighted by atomic mass is 35.5.